The highest BCUT2D eigenvalue weighted by atomic mass is 32.2. The molecular weight excluding hydrogens is 269 g/mol. The van der Waals surface area contributed by atoms with E-state index in [0.29, 0.717) is 5.69 Å². The third-order valence-corrected chi connectivity index (χ3v) is 4.42. The van der Waals surface area contributed by atoms with Gasteiger partial charge in [-0.15, -0.1) is 0 Å². The maximum Gasteiger partial charge on any atom is 0.267 e. The highest BCUT2D eigenvalue weighted by Crippen LogP contribution is 2.24. The SMILES string of the molecule is CN(c1cccnc1)S(=O)(=O)c1ccc(N)cc1F. The molecule has 0 fully saturated rings. The van der Waals surface area contributed by atoms with Crippen molar-refractivity contribution < 1.29 is 12.8 Å². The molecule has 100 valence electrons. The van der Waals surface area contributed by atoms with Gasteiger partial charge in [-0.05, 0) is 30.3 Å². The number of halogens is 1. The molecule has 1 aromatic carbocycles. The van der Waals surface area contributed by atoms with E-state index in [1.165, 1.54) is 25.5 Å². The van der Waals surface area contributed by atoms with E-state index in [0.717, 1.165) is 16.4 Å². The Morgan fingerprint density at radius 1 is 1.32 bits per heavy atom. The molecule has 0 unspecified atom stereocenters. The fourth-order valence-corrected chi connectivity index (χ4v) is 2.78. The first kappa shape index (κ1) is 13.3. The number of anilines is 2. The number of benzene rings is 1. The van der Waals surface area contributed by atoms with Crippen molar-refractivity contribution in [1.29, 1.82) is 0 Å². The van der Waals surface area contributed by atoms with Gasteiger partial charge in [-0.3, -0.25) is 9.29 Å². The van der Waals surface area contributed by atoms with Gasteiger partial charge in [0.15, 0.2) is 0 Å². The molecule has 2 rings (SSSR count). The quantitative estimate of drug-likeness (QED) is 0.867. The molecule has 0 saturated heterocycles. The number of hydrogen-bond acceptors (Lipinski definition) is 4. The molecule has 0 atom stereocenters. The fourth-order valence-electron chi connectivity index (χ4n) is 1.55. The number of nitrogens with zero attached hydrogens (tertiary/aromatic N) is 2. The highest BCUT2D eigenvalue weighted by Gasteiger charge is 2.24. The summed E-state index contributed by atoms with van der Waals surface area (Å²) in [5.74, 6) is -0.879. The van der Waals surface area contributed by atoms with Gasteiger partial charge in [-0.2, -0.15) is 0 Å². The van der Waals surface area contributed by atoms with Crippen molar-refractivity contribution in [2.24, 2.45) is 0 Å². The molecule has 0 saturated carbocycles. The summed E-state index contributed by atoms with van der Waals surface area (Å²) < 4.78 is 39.3. The first-order valence-electron chi connectivity index (χ1n) is 5.37. The van der Waals surface area contributed by atoms with Crippen molar-refractivity contribution in [1.82, 2.24) is 4.98 Å². The highest BCUT2D eigenvalue weighted by molar-refractivity contribution is 7.92. The van der Waals surface area contributed by atoms with Crippen LogP contribution in [-0.2, 0) is 10.0 Å². The number of hydrogen-bond donors (Lipinski definition) is 1. The zero-order valence-corrected chi connectivity index (χ0v) is 10.9. The Balaban J connectivity index is 2.48. The number of nitrogen functional groups attached to an aromatic ring is 1. The standard InChI is InChI=1S/C12H12FN3O2S/c1-16(10-3-2-6-15-8-10)19(17,18)12-5-4-9(14)7-11(12)13/h2-8H,14H2,1H3. The van der Waals surface area contributed by atoms with Crippen LogP contribution in [0.15, 0.2) is 47.6 Å². The number of sulfonamides is 1. The molecule has 0 amide bonds. The molecule has 2 N–H and O–H groups in total. The minimum atomic E-state index is -3.98. The zero-order valence-electron chi connectivity index (χ0n) is 10.1. The van der Waals surface area contributed by atoms with Gasteiger partial charge in [0.05, 0.1) is 11.9 Å². The van der Waals surface area contributed by atoms with E-state index >= 15 is 0 Å². The third kappa shape index (κ3) is 2.50. The second kappa shape index (κ2) is 4.85. The van der Waals surface area contributed by atoms with Crippen LogP contribution in [0.2, 0.25) is 0 Å². The molecule has 0 spiro atoms. The Bertz CT molecular complexity index is 689. The summed E-state index contributed by atoms with van der Waals surface area (Å²) in [6, 6.07) is 6.63. The minimum Gasteiger partial charge on any atom is -0.399 e. The Kier molecular flexibility index (Phi) is 3.39. The van der Waals surface area contributed by atoms with Gasteiger partial charge >= 0.3 is 0 Å². The topological polar surface area (TPSA) is 76.3 Å². The lowest BCUT2D eigenvalue weighted by Crippen LogP contribution is -2.27. The first-order chi connectivity index (χ1) is 8.93. The Morgan fingerprint density at radius 2 is 2.05 bits per heavy atom. The fraction of sp³-hybridized carbons (Fsp3) is 0.0833. The second-order valence-electron chi connectivity index (χ2n) is 3.87. The lowest BCUT2D eigenvalue weighted by Gasteiger charge is -2.19. The average Bonchev–Trinajstić information content (AvgIpc) is 2.38. The predicted octanol–water partition coefficient (Wildman–Crippen LogP) is 1.63. The third-order valence-electron chi connectivity index (χ3n) is 2.60. The van der Waals surface area contributed by atoms with E-state index in [1.807, 2.05) is 0 Å². The van der Waals surface area contributed by atoms with Gasteiger partial charge in [0.25, 0.3) is 10.0 Å². The van der Waals surface area contributed by atoms with Gasteiger partial charge in [-0.25, -0.2) is 12.8 Å². The molecule has 19 heavy (non-hydrogen) atoms. The van der Waals surface area contributed by atoms with Gasteiger partial charge in [0.2, 0.25) is 0 Å². The molecular formula is C12H12FN3O2S. The van der Waals surface area contributed by atoms with E-state index < -0.39 is 20.7 Å². The molecule has 0 aliphatic rings. The molecule has 1 heterocycles. The first-order valence-corrected chi connectivity index (χ1v) is 6.81. The van der Waals surface area contributed by atoms with E-state index in [2.05, 4.69) is 4.98 Å². The van der Waals surface area contributed by atoms with E-state index in [1.54, 1.807) is 12.1 Å². The predicted molar refractivity (Wildman–Crippen MR) is 70.6 cm³/mol. The van der Waals surface area contributed by atoms with Crippen molar-refractivity contribution in [3.63, 3.8) is 0 Å². The molecule has 5 nitrogen and oxygen atoms in total. The second-order valence-corrected chi connectivity index (χ2v) is 5.81. The van der Waals surface area contributed by atoms with Gasteiger partial charge in [0.1, 0.15) is 10.7 Å². The van der Waals surface area contributed by atoms with Crippen LogP contribution in [0.25, 0.3) is 0 Å². The van der Waals surface area contributed by atoms with Crippen molar-refractivity contribution in [2.75, 3.05) is 17.1 Å². The van der Waals surface area contributed by atoms with Gasteiger partial charge < -0.3 is 5.73 Å². The van der Waals surface area contributed by atoms with Crippen LogP contribution in [0.5, 0.6) is 0 Å². The van der Waals surface area contributed by atoms with Crippen LogP contribution in [0.4, 0.5) is 15.8 Å². The normalized spacial score (nSPS) is 11.3. The maximum absolute atomic E-state index is 13.7. The summed E-state index contributed by atoms with van der Waals surface area (Å²) in [6.45, 7) is 0. The Labute approximate surface area is 110 Å². The van der Waals surface area contributed by atoms with Crippen LogP contribution in [0.1, 0.15) is 0 Å². The van der Waals surface area contributed by atoms with Crippen LogP contribution in [0.3, 0.4) is 0 Å². The number of aromatic nitrogens is 1. The van der Waals surface area contributed by atoms with Crippen molar-refractivity contribution >= 4 is 21.4 Å². The smallest absolute Gasteiger partial charge is 0.267 e. The summed E-state index contributed by atoms with van der Waals surface area (Å²) in [4.78, 5) is 3.41. The van der Waals surface area contributed by atoms with E-state index in [-0.39, 0.29) is 5.69 Å². The molecule has 0 radical (unpaired) electrons. The van der Waals surface area contributed by atoms with Crippen LogP contribution >= 0.6 is 0 Å². The minimum absolute atomic E-state index is 0.167. The van der Waals surface area contributed by atoms with Crippen molar-refractivity contribution in [2.45, 2.75) is 4.90 Å². The lowest BCUT2D eigenvalue weighted by molar-refractivity contribution is 0.566. The molecule has 0 bridgehead atoms. The number of nitrogens with two attached hydrogens (primary N) is 1. The van der Waals surface area contributed by atoms with E-state index in [4.69, 9.17) is 5.73 Å². The molecule has 2 aromatic rings. The average molecular weight is 281 g/mol. The summed E-state index contributed by atoms with van der Waals surface area (Å²) >= 11 is 0. The number of rotatable bonds is 3. The van der Waals surface area contributed by atoms with Crippen LogP contribution < -0.4 is 10.0 Å². The van der Waals surface area contributed by atoms with Crippen LogP contribution in [-0.4, -0.2) is 20.4 Å². The molecule has 0 aliphatic heterocycles. The monoisotopic (exact) mass is 281 g/mol. The Morgan fingerprint density at radius 3 is 2.63 bits per heavy atom. The van der Waals surface area contributed by atoms with Gasteiger partial charge in [-0.1, -0.05) is 0 Å². The van der Waals surface area contributed by atoms with Crippen molar-refractivity contribution in [3.8, 4) is 0 Å². The summed E-state index contributed by atoms with van der Waals surface area (Å²) in [5.41, 5.74) is 5.91. The van der Waals surface area contributed by atoms with E-state index in [9.17, 15) is 12.8 Å². The molecule has 1 aromatic heterocycles. The molecule has 0 aliphatic carbocycles. The van der Waals surface area contributed by atoms with Crippen LogP contribution in [0, 0.1) is 5.82 Å². The largest absolute Gasteiger partial charge is 0.399 e. The Hall–Kier alpha value is -2.15. The van der Waals surface area contributed by atoms with Gasteiger partial charge in [0, 0.05) is 18.9 Å². The lowest BCUT2D eigenvalue weighted by atomic mass is 10.3. The summed E-state index contributed by atoms with van der Waals surface area (Å²) in [5, 5.41) is 0. The summed E-state index contributed by atoms with van der Waals surface area (Å²) in [6.07, 6.45) is 2.90. The zero-order chi connectivity index (χ0) is 14.0. The van der Waals surface area contributed by atoms with Crippen molar-refractivity contribution in [3.05, 3.63) is 48.5 Å². The molecule has 7 heteroatoms. The maximum atomic E-state index is 13.7. The summed E-state index contributed by atoms with van der Waals surface area (Å²) in [7, 11) is -2.64. The number of pyridine rings is 1.